The van der Waals surface area contributed by atoms with Crippen molar-refractivity contribution in [1.29, 1.82) is 0 Å². The molecule has 0 aromatic heterocycles. The fourth-order valence-corrected chi connectivity index (χ4v) is 2.28. The van der Waals surface area contributed by atoms with Crippen LogP contribution in [0.2, 0.25) is 0 Å². The molecule has 0 aliphatic carbocycles. The third-order valence-corrected chi connectivity index (χ3v) is 4.27. The molecule has 0 bridgehead atoms. The number of nitrogens with one attached hydrogen (secondary N) is 1. The molecule has 0 aliphatic rings. The topological polar surface area (TPSA) is 82.8 Å². The second-order valence-electron chi connectivity index (χ2n) is 6.33. The molecule has 1 amide bonds. The highest BCUT2D eigenvalue weighted by Crippen LogP contribution is 2.39. The molecule has 1 atom stereocenters. The number of ether oxygens (including phenoxy) is 3. The van der Waals surface area contributed by atoms with Gasteiger partial charge >= 0.3 is 0 Å². The van der Waals surface area contributed by atoms with Gasteiger partial charge in [-0.1, -0.05) is 13.8 Å². The maximum absolute atomic E-state index is 12.8. The Balaban J connectivity index is 3.27. The maximum Gasteiger partial charge on any atom is 0.252 e. The molecule has 6 nitrogen and oxygen atoms in total. The average Bonchev–Trinajstić information content (AvgIpc) is 2.57. The number of carbonyl (C=O) groups excluding carboxylic acids is 1. The van der Waals surface area contributed by atoms with Gasteiger partial charge in [0.15, 0.2) is 11.5 Å². The lowest BCUT2D eigenvalue weighted by Crippen LogP contribution is -2.55. The smallest absolute Gasteiger partial charge is 0.252 e. The highest BCUT2D eigenvalue weighted by Gasteiger charge is 2.29. The number of benzene rings is 1. The first-order valence-corrected chi connectivity index (χ1v) is 8.91. The molecule has 1 aromatic carbocycles. The van der Waals surface area contributed by atoms with E-state index < -0.39 is 5.54 Å². The summed E-state index contributed by atoms with van der Waals surface area (Å²) in [5.41, 5.74) is 5.83. The number of hydrogen-bond donors (Lipinski definition) is 2. The number of amides is 1. The molecule has 0 saturated carbocycles. The van der Waals surface area contributed by atoms with Crippen LogP contribution in [-0.4, -0.2) is 37.8 Å². The van der Waals surface area contributed by atoms with Gasteiger partial charge in [0.05, 0.1) is 25.4 Å². The fourth-order valence-electron chi connectivity index (χ4n) is 2.28. The Labute approximate surface area is 151 Å². The van der Waals surface area contributed by atoms with Crippen LogP contribution >= 0.6 is 0 Å². The van der Waals surface area contributed by atoms with E-state index in [-0.39, 0.29) is 11.8 Å². The molecule has 6 heteroatoms. The molecule has 0 radical (unpaired) electrons. The number of nitrogens with two attached hydrogens (primary N) is 1. The number of carbonyl (C=O) groups is 1. The Bertz CT molecular complexity index is 548. The molecule has 1 unspecified atom stereocenters. The quantitative estimate of drug-likeness (QED) is 0.676. The molecule has 0 aliphatic heterocycles. The predicted octanol–water partition coefficient (Wildman–Crippen LogP) is 2.99. The van der Waals surface area contributed by atoms with Crippen molar-refractivity contribution in [3.8, 4) is 17.2 Å². The van der Waals surface area contributed by atoms with Crippen LogP contribution in [0.3, 0.4) is 0 Å². The Kier molecular flexibility index (Phi) is 8.03. The van der Waals surface area contributed by atoms with Gasteiger partial charge in [-0.15, -0.1) is 0 Å². The van der Waals surface area contributed by atoms with Crippen molar-refractivity contribution in [2.45, 2.75) is 47.1 Å². The summed E-state index contributed by atoms with van der Waals surface area (Å²) in [7, 11) is 0. The predicted molar refractivity (Wildman–Crippen MR) is 99.7 cm³/mol. The molecule has 0 heterocycles. The van der Waals surface area contributed by atoms with Gasteiger partial charge in [-0.2, -0.15) is 0 Å². The minimum atomic E-state index is -0.493. The van der Waals surface area contributed by atoms with Gasteiger partial charge in [0, 0.05) is 12.1 Å². The van der Waals surface area contributed by atoms with E-state index in [0.29, 0.717) is 49.2 Å². The summed E-state index contributed by atoms with van der Waals surface area (Å²) >= 11 is 0. The van der Waals surface area contributed by atoms with E-state index in [4.69, 9.17) is 19.9 Å². The molecule has 0 saturated heterocycles. The standard InChI is InChI=1S/C19H32N2O4/c1-7-23-15-10-14(11-16(24-8-2)17(15)25-9-3)18(22)21-19(6,12-20)13(4)5/h10-11,13H,7-9,12,20H2,1-6H3,(H,21,22). The molecule has 25 heavy (non-hydrogen) atoms. The van der Waals surface area contributed by atoms with Crippen molar-refractivity contribution in [2.75, 3.05) is 26.4 Å². The molecule has 0 spiro atoms. The summed E-state index contributed by atoms with van der Waals surface area (Å²) in [5, 5.41) is 3.03. The SMILES string of the molecule is CCOc1cc(C(=O)NC(C)(CN)C(C)C)cc(OCC)c1OCC. The van der Waals surface area contributed by atoms with Crippen molar-refractivity contribution in [3.63, 3.8) is 0 Å². The van der Waals surface area contributed by atoms with Crippen molar-refractivity contribution in [3.05, 3.63) is 17.7 Å². The van der Waals surface area contributed by atoms with Crippen molar-refractivity contribution < 1.29 is 19.0 Å². The molecule has 0 fully saturated rings. The summed E-state index contributed by atoms with van der Waals surface area (Å²) in [6.07, 6.45) is 0. The lowest BCUT2D eigenvalue weighted by Gasteiger charge is -2.33. The summed E-state index contributed by atoms with van der Waals surface area (Å²) in [6.45, 7) is 13.4. The molecular formula is C19H32N2O4. The van der Waals surface area contributed by atoms with Gasteiger partial charge in [-0.3, -0.25) is 4.79 Å². The Morgan fingerprint density at radius 1 is 1.08 bits per heavy atom. The Hall–Kier alpha value is -1.95. The van der Waals surface area contributed by atoms with Crippen molar-refractivity contribution in [1.82, 2.24) is 5.32 Å². The normalized spacial score (nSPS) is 13.3. The van der Waals surface area contributed by atoms with Gasteiger partial charge in [0.2, 0.25) is 5.75 Å². The summed E-state index contributed by atoms with van der Waals surface area (Å²) < 4.78 is 17.0. The highest BCUT2D eigenvalue weighted by molar-refractivity contribution is 5.96. The van der Waals surface area contributed by atoms with Crippen LogP contribution < -0.4 is 25.3 Å². The second-order valence-corrected chi connectivity index (χ2v) is 6.33. The van der Waals surface area contributed by atoms with Crippen molar-refractivity contribution >= 4 is 5.91 Å². The van der Waals surface area contributed by atoms with E-state index in [1.54, 1.807) is 12.1 Å². The molecule has 3 N–H and O–H groups in total. The molecular weight excluding hydrogens is 320 g/mol. The van der Waals surface area contributed by atoms with Crippen molar-refractivity contribution in [2.24, 2.45) is 11.7 Å². The monoisotopic (exact) mass is 352 g/mol. The van der Waals surface area contributed by atoms with Gasteiger partial charge in [0.1, 0.15) is 0 Å². The van der Waals surface area contributed by atoms with Gasteiger partial charge in [-0.25, -0.2) is 0 Å². The number of hydrogen-bond acceptors (Lipinski definition) is 5. The van der Waals surface area contributed by atoms with Crippen LogP contribution in [-0.2, 0) is 0 Å². The van der Waals surface area contributed by atoms with Gasteiger partial charge in [-0.05, 0) is 45.7 Å². The molecule has 1 rings (SSSR count). The summed E-state index contributed by atoms with van der Waals surface area (Å²) in [5.74, 6) is 1.50. The lowest BCUT2D eigenvalue weighted by atomic mass is 9.88. The average molecular weight is 352 g/mol. The first-order valence-electron chi connectivity index (χ1n) is 8.91. The summed E-state index contributed by atoms with van der Waals surface area (Å²) in [6, 6.07) is 3.37. The van der Waals surface area contributed by atoms with Crippen LogP contribution in [0.4, 0.5) is 0 Å². The first-order chi connectivity index (χ1) is 11.8. The second kappa shape index (κ2) is 9.51. The Morgan fingerprint density at radius 2 is 1.56 bits per heavy atom. The minimum Gasteiger partial charge on any atom is -0.490 e. The fraction of sp³-hybridized carbons (Fsp3) is 0.632. The third kappa shape index (κ3) is 5.26. The highest BCUT2D eigenvalue weighted by atomic mass is 16.5. The zero-order valence-electron chi connectivity index (χ0n) is 16.3. The number of rotatable bonds is 10. The largest absolute Gasteiger partial charge is 0.490 e. The van der Waals surface area contributed by atoms with Crippen LogP contribution in [0.25, 0.3) is 0 Å². The van der Waals surface area contributed by atoms with E-state index in [2.05, 4.69) is 5.32 Å². The van der Waals surface area contributed by atoms with E-state index in [9.17, 15) is 4.79 Å². The van der Waals surface area contributed by atoms with E-state index >= 15 is 0 Å². The zero-order valence-corrected chi connectivity index (χ0v) is 16.3. The van der Waals surface area contributed by atoms with Crippen LogP contribution in [0.1, 0.15) is 51.9 Å². The molecule has 142 valence electrons. The maximum atomic E-state index is 12.8. The molecule has 1 aromatic rings. The van der Waals surface area contributed by atoms with E-state index in [1.807, 2.05) is 41.5 Å². The first kappa shape index (κ1) is 21.1. The third-order valence-electron chi connectivity index (χ3n) is 4.27. The van der Waals surface area contributed by atoms with Crippen LogP contribution in [0, 0.1) is 5.92 Å². The minimum absolute atomic E-state index is 0.196. The lowest BCUT2D eigenvalue weighted by molar-refractivity contribution is 0.0882. The Morgan fingerprint density at radius 3 is 1.92 bits per heavy atom. The zero-order chi connectivity index (χ0) is 19.0. The summed E-state index contributed by atoms with van der Waals surface area (Å²) in [4.78, 5) is 12.8. The van der Waals surface area contributed by atoms with Crippen LogP contribution in [0.15, 0.2) is 12.1 Å². The van der Waals surface area contributed by atoms with Gasteiger partial charge in [0.25, 0.3) is 5.91 Å². The van der Waals surface area contributed by atoms with Crippen LogP contribution in [0.5, 0.6) is 17.2 Å². The van der Waals surface area contributed by atoms with Gasteiger partial charge < -0.3 is 25.3 Å². The van der Waals surface area contributed by atoms with E-state index in [1.165, 1.54) is 0 Å². The van der Waals surface area contributed by atoms with E-state index in [0.717, 1.165) is 0 Å².